The lowest BCUT2D eigenvalue weighted by Crippen LogP contribution is -2.52. The summed E-state index contributed by atoms with van der Waals surface area (Å²) in [6, 6.07) is 10.2. The SMILES string of the molecule is COc1ccc([C@@H]2C[C@@H]2C[Si](C)(C)[Si](C)(C)C)cc1. The Labute approximate surface area is 120 Å². The van der Waals surface area contributed by atoms with Crippen molar-refractivity contribution in [1.82, 2.24) is 0 Å². The minimum atomic E-state index is -0.984. The van der Waals surface area contributed by atoms with Crippen LogP contribution in [0.5, 0.6) is 5.75 Å². The first-order valence-corrected chi connectivity index (χ1v) is 15.1. The molecule has 0 unspecified atom stereocenters. The molecule has 1 aliphatic rings. The lowest BCUT2D eigenvalue weighted by molar-refractivity contribution is 0.414. The van der Waals surface area contributed by atoms with Gasteiger partial charge in [-0.25, -0.2) is 0 Å². The van der Waals surface area contributed by atoms with Gasteiger partial charge in [0.2, 0.25) is 0 Å². The summed E-state index contributed by atoms with van der Waals surface area (Å²) in [6.07, 6.45) is 1.41. The number of methoxy groups -OCH3 is 1. The molecule has 0 spiro atoms. The van der Waals surface area contributed by atoms with Gasteiger partial charge in [0.05, 0.1) is 7.11 Å². The average molecular weight is 293 g/mol. The molecule has 0 heterocycles. The Bertz CT molecular complexity index is 431. The van der Waals surface area contributed by atoms with Crippen molar-refractivity contribution in [2.24, 2.45) is 5.92 Å². The topological polar surface area (TPSA) is 9.23 Å². The molecule has 0 bridgehead atoms. The van der Waals surface area contributed by atoms with E-state index < -0.39 is 15.2 Å². The second-order valence-electron chi connectivity index (χ2n) is 7.71. The van der Waals surface area contributed by atoms with E-state index in [0.29, 0.717) is 0 Å². The third kappa shape index (κ3) is 3.32. The minimum Gasteiger partial charge on any atom is -0.497 e. The molecular weight excluding hydrogens is 264 g/mol. The molecule has 1 fully saturated rings. The van der Waals surface area contributed by atoms with Gasteiger partial charge in [0.1, 0.15) is 5.75 Å². The molecule has 1 aromatic carbocycles. The Morgan fingerprint density at radius 1 is 1.05 bits per heavy atom. The van der Waals surface area contributed by atoms with E-state index >= 15 is 0 Å². The first-order chi connectivity index (χ1) is 8.74. The molecule has 0 aliphatic heterocycles. The molecule has 0 aromatic heterocycles. The highest BCUT2D eigenvalue weighted by atomic mass is 29.3. The highest BCUT2D eigenvalue weighted by molar-refractivity contribution is 7.40. The van der Waals surface area contributed by atoms with Crippen molar-refractivity contribution in [3.8, 4) is 5.75 Å². The van der Waals surface area contributed by atoms with E-state index in [1.54, 1.807) is 7.11 Å². The molecule has 1 nitrogen and oxygen atoms in total. The van der Waals surface area contributed by atoms with Crippen LogP contribution in [0, 0.1) is 5.92 Å². The third-order valence-electron chi connectivity index (χ3n) is 5.27. The highest BCUT2D eigenvalue weighted by Gasteiger charge is 2.46. The fourth-order valence-corrected chi connectivity index (χ4v) is 7.69. The summed E-state index contributed by atoms with van der Waals surface area (Å²) in [5.41, 5.74) is 1.52. The summed E-state index contributed by atoms with van der Waals surface area (Å²) in [6.45, 7) is 12.9. The molecule has 106 valence electrons. The summed E-state index contributed by atoms with van der Waals surface area (Å²) in [5.74, 6) is 2.76. The molecule has 0 N–H and O–H groups in total. The van der Waals surface area contributed by atoms with E-state index in [2.05, 4.69) is 57.0 Å². The van der Waals surface area contributed by atoms with Crippen molar-refractivity contribution >= 4 is 15.2 Å². The molecule has 3 heteroatoms. The van der Waals surface area contributed by atoms with E-state index in [0.717, 1.165) is 17.6 Å². The summed E-state index contributed by atoms with van der Waals surface area (Å²) in [7, 11) is -0.185. The first-order valence-electron chi connectivity index (χ1n) is 7.38. The second kappa shape index (κ2) is 5.09. The van der Waals surface area contributed by atoms with Crippen LogP contribution in [0.2, 0.25) is 38.8 Å². The van der Waals surface area contributed by atoms with Crippen molar-refractivity contribution in [1.29, 1.82) is 0 Å². The van der Waals surface area contributed by atoms with Crippen molar-refractivity contribution in [2.45, 2.75) is 51.1 Å². The summed E-state index contributed by atoms with van der Waals surface area (Å²) in [4.78, 5) is 0. The van der Waals surface area contributed by atoms with Gasteiger partial charge in [-0.05, 0) is 36.0 Å². The standard InChI is InChI=1S/C16H28OSi2/c1-17-15-9-7-13(8-10-15)16-11-14(16)12-19(5,6)18(2,3)4/h7-10,14,16H,11-12H2,1-6H3/t14-,16+/m1/s1. The Morgan fingerprint density at radius 2 is 1.63 bits per heavy atom. The van der Waals surface area contributed by atoms with Crippen LogP contribution in [-0.4, -0.2) is 22.3 Å². The number of ether oxygens (including phenoxy) is 1. The van der Waals surface area contributed by atoms with Gasteiger partial charge in [0, 0.05) is 15.2 Å². The van der Waals surface area contributed by atoms with Gasteiger partial charge >= 0.3 is 0 Å². The van der Waals surface area contributed by atoms with Crippen molar-refractivity contribution in [3.63, 3.8) is 0 Å². The van der Waals surface area contributed by atoms with Gasteiger partial charge in [-0.1, -0.05) is 50.9 Å². The molecule has 2 atom stereocenters. The van der Waals surface area contributed by atoms with Crippen LogP contribution in [0.25, 0.3) is 0 Å². The van der Waals surface area contributed by atoms with Crippen LogP contribution in [0.1, 0.15) is 17.9 Å². The van der Waals surface area contributed by atoms with Crippen LogP contribution >= 0.6 is 0 Å². The van der Waals surface area contributed by atoms with Crippen molar-refractivity contribution in [3.05, 3.63) is 29.8 Å². The largest absolute Gasteiger partial charge is 0.497 e. The fourth-order valence-electron chi connectivity index (χ4n) is 2.69. The molecule has 0 radical (unpaired) electrons. The van der Waals surface area contributed by atoms with Gasteiger partial charge in [0.15, 0.2) is 0 Å². The molecule has 1 saturated carbocycles. The lowest BCUT2D eigenvalue weighted by Gasteiger charge is -2.35. The van der Waals surface area contributed by atoms with Crippen molar-refractivity contribution in [2.75, 3.05) is 7.11 Å². The van der Waals surface area contributed by atoms with Gasteiger partial charge in [-0.3, -0.25) is 0 Å². The number of hydrogen-bond acceptors (Lipinski definition) is 1. The first kappa shape index (κ1) is 14.9. The number of hydrogen-bond donors (Lipinski definition) is 0. The summed E-state index contributed by atoms with van der Waals surface area (Å²) < 4.78 is 5.23. The van der Waals surface area contributed by atoms with Gasteiger partial charge in [-0.2, -0.15) is 0 Å². The van der Waals surface area contributed by atoms with E-state index in [-0.39, 0.29) is 0 Å². The Hall–Kier alpha value is -0.546. The smallest absolute Gasteiger partial charge is 0.118 e. The Kier molecular flexibility index (Phi) is 3.98. The Morgan fingerprint density at radius 3 is 2.11 bits per heavy atom. The maximum atomic E-state index is 5.23. The van der Waals surface area contributed by atoms with Crippen LogP contribution < -0.4 is 4.74 Å². The molecule has 2 rings (SSSR count). The molecule has 1 aromatic rings. The molecule has 0 amide bonds. The predicted octanol–water partition coefficient (Wildman–Crippen LogP) is 4.92. The zero-order valence-corrected chi connectivity index (χ0v) is 15.3. The zero-order valence-electron chi connectivity index (χ0n) is 13.3. The van der Waals surface area contributed by atoms with Gasteiger partial charge in [0.25, 0.3) is 0 Å². The fraction of sp³-hybridized carbons (Fsp3) is 0.625. The zero-order chi connectivity index (χ0) is 14.3. The molecule has 1 aliphatic carbocycles. The quantitative estimate of drug-likeness (QED) is 0.700. The molecule has 0 saturated heterocycles. The van der Waals surface area contributed by atoms with Crippen LogP contribution in [-0.2, 0) is 0 Å². The van der Waals surface area contributed by atoms with Gasteiger partial charge < -0.3 is 4.74 Å². The second-order valence-corrected chi connectivity index (χ2v) is 25.0. The number of rotatable bonds is 5. The average Bonchev–Trinajstić information content (AvgIpc) is 3.06. The van der Waals surface area contributed by atoms with Crippen LogP contribution in [0.4, 0.5) is 0 Å². The monoisotopic (exact) mass is 292 g/mol. The third-order valence-corrected chi connectivity index (χ3v) is 23.7. The highest BCUT2D eigenvalue weighted by Crippen LogP contribution is 2.52. The van der Waals surface area contributed by atoms with Gasteiger partial charge in [-0.15, -0.1) is 0 Å². The molecular formula is C16H28OSi2. The maximum absolute atomic E-state index is 5.23. The Balaban J connectivity index is 1.97. The van der Waals surface area contributed by atoms with E-state index in [1.807, 2.05) is 0 Å². The predicted molar refractivity (Wildman–Crippen MR) is 89.5 cm³/mol. The number of benzene rings is 1. The minimum absolute atomic E-state index is 0.828. The van der Waals surface area contributed by atoms with E-state index in [9.17, 15) is 0 Å². The maximum Gasteiger partial charge on any atom is 0.118 e. The normalized spacial score (nSPS) is 23.3. The summed E-state index contributed by atoms with van der Waals surface area (Å²) >= 11 is 0. The van der Waals surface area contributed by atoms with Crippen molar-refractivity contribution < 1.29 is 4.74 Å². The lowest BCUT2D eigenvalue weighted by atomic mass is 10.1. The van der Waals surface area contributed by atoms with Crippen LogP contribution in [0.3, 0.4) is 0 Å². The van der Waals surface area contributed by atoms with E-state index in [4.69, 9.17) is 4.74 Å². The van der Waals surface area contributed by atoms with E-state index in [1.165, 1.54) is 18.0 Å². The van der Waals surface area contributed by atoms with Crippen LogP contribution in [0.15, 0.2) is 24.3 Å². The molecule has 19 heavy (non-hydrogen) atoms. The summed E-state index contributed by atoms with van der Waals surface area (Å²) in [5, 5.41) is 0.